The minimum absolute atomic E-state index is 0.881. The molecule has 0 aliphatic heterocycles. The lowest BCUT2D eigenvalue weighted by Crippen LogP contribution is -2.11. The Morgan fingerprint density at radius 3 is 2.15 bits per heavy atom. The molecule has 4 heterocycles. The van der Waals surface area contributed by atoms with Crippen LogP contribution in [0.2, 0.25) is 0 Å². The van der Waals surface area contributed by atoms with E-state index in [1.54, 1.807) is 0 Å². The summed E-state index contributed by atoms with van der Waals surface area (Å²) in [6.45, 7) is 0. The van der Waals surface area contributed by atoms with Gasteiger partial charge >= 0.3 is 0 Å². The molecule has 4 aromatic heterocycles. The molecule has 0 bridgehead atoms. The maximum atomic E-state index is 6.81. The van der Waals surface area contributed by atoms with E-state index in [1.807, 2.05) is 0 Å². The molecule has 0 spiro atoms. The third-order valence-corrected chi connectivity index (χ3v) is 13.5. The zero-order chi connectivity index (χ0) is 39.1. The van der Waals surface area contributed by atoms with E-state index in [0.29, 0.717) is 0 Å². The van der Waals surface area contributed by atoms with Gasteiger partial charge in [0.15, 0.2) is 5.58 Å². The first-order valence-electron chi connectivity index (χ1n) is 21.2. The zero-order valence-corrected chi connectivity index (χ0v) is 32.8. The number of hydrogen-bond donors (Lipinski definition) is 0. The monoisotopic (exact) mass is 767 g/mol. The molecule has 0 fully saturated rings. The first kappa shape index (κ1) is 32.4. The lowest BCUT2D eigenvalue weighted by molar-refractivity contribution is 0.669. The molecule has 14 rings (SSSR count). The average Bonchev–Trinajstić information content (AvgIpc) is 4.05. The van der Waals surface area contributed by atoms with E-state index in [9.17, 15) is 0 Å². The standard InChI is InChI=1S/C56H37N3O/c1-2-13-35(14-3-1)58-48-20-8-4-15-38(48)40-30-28-37(32-52(40)58)57(51-23-12-19-43-41-17-7-11-24-53(41)60-56(43)51)36-27-25-34-26-29-42-46(45(34)31-36)33-47-39-16-5-9-21-49(39)59-50-22-10-6-18-44(50)54(42)55(47)59/h2,4-7,9-19,21-33H,1,3,8,20H2. The number of nitrogens with zero attached hydrogens (tertiary/aromatic N) is 3. The van der Waals surface area contributed by atoms with Gasteiger partial charge in [-0.25, -0.2) is 0 Å². The van der Waals surface area contributed by atoms with Gasteiger partial charge in [0.05, 0.1) is 27.8 Å². The van der Waals surface area contributed by atoms with Gasteiger partial charge < -0.3 is 18.3 Å². The predicted octanol–water partition coefficient (Wildman–Crippen LogP) is 15.6. The predicted molar refractivity (Wildman–Crippen MR) is 254 cm³/mol. The summed E-state index contributed by atoms with van der Waals surface area (Å²) in [7, 11) is 0. The molecule has 0 N–H and O–H groups in total. The number of aromatic nitrogens is 2. The van der Waals surface area contributed by atoms with Crippen molar-refractivity contribution in [1.82, 2.24) is 8.97 Å². The van der Waals surface area contributed by atoms with Crippen LogP contribution >= 0.6 is 0 Å². The minimum Gasteiger partial charge on any atom is -0.454 e. The fourth-order valence-corrected chi connectivity index (χ4v) is 10.9. The number of allylic oxidation sites excluding steroid dienone is 5. The fourth-order valence-electron chi connectivity index (χ4n) is 10.9. The van der Waals surface area contributed by atoms with Crippen molar-refractivity contribution in [2.75, 3.05) is 4.90 Å². The van der Waals surface area contributed by atoms with Crippen LogP contribution in [0.15, 0.2) is 174 Å². The van der Waals surface area contributed by atoms with Crippen molar-refractivity contribution in [3.8, 4) is 0 Å². The van der Waals surface area contributed by atoms with Crippen LogP contribution in [-0.4, -0.2) is 8.97 Å². The molecule has 4 heteroatoms. The Bertz CT molecular complexity index is 3900. The van der Waals surface area contributed by atoms with E-state index in [1.165, 1.54) is 87.5 Å². The summed E-state index contributed by atoms with van der Waals surface area (Å²) < 4.78 is 11.8. The summed E-state index contributed by atoms with van der Waals surface area (Å²) >= 11 is 0. The maximum absolute atomic E-state index is 6.81. The van der Waals surface area contributed by atoms with Crippen molar-refractivity contribution in [1.29, 1.82) is 0 Å². The SMILES string of the molecule is C1=CC(n2c3c(c4ccc(N(c5ccc6ccc7c(cc8c9ccccc9n9c%10ccccc%10c7c89)c6c5)c5cccc6c5oc5ccccc56)cc42)C=CCC3)=CCC1. The van der Waals surface area contributed by atoms with Crippen LogP contribution < -0.4 is 4.90 Å². The molecule has 12 aromatic rings. The highest BCUT2D eigenvalue weighted by Gasteiger charge is 2.25. The molecule has 2 aliphatic rings. The number of hydrogen-bond acceptors (Lipinski definition) is 2. The Morgan fingerprint density at radius 2 is 1.25 bits per heavy atom. The molecule has 0 saturated carbocycles. The van der Waals surface area contributed by atoms with Crippen molar-refractivity contribution in [2.45, 2.75) is 25.7 Å². The first-order valence-corrected chi connectivity index (χ1v) is 21.2. The van der Waals surface area contributed by atoms with Crippen LogP contribution in [0, 0.1) is 0 Å². The highest BCUT2D eigenvalue weighted by atomic mass is 16.3. The lowest BCUT2D eigenvalue weighted by atomic mass is 9.95. The van der Waals surface area contributed by atoms with E-state index in [-0.39, 0.29) is 0 Å². The Morgan fingerprint density at radius 1 is 0.500 bits per heavy atom. The van der Waals surface area contributed by atoms with Crippen LogP contribution in [-0.2, 0) is 6.42 Å². The molecular weight excluding hydrogens is 731 g/mol. The van der Waals surface area contributed by atoms with E-state index < -0.39 is 0 Å². The molecule has 8 aromatic carbocycles. The van der Waals surface area contributed by atoms with Crippen molar-refractivity contribution in [3.63, 3.8) is 0 Å². The summed E-state index contributed by atoms with van der Waals surface area (Å²) in [5.41, 5.74) is 14.0. The summed E-state index contributed by atoms with van der Waals surface area (Å²) in [4.78, 5) is 2.43. The second-order valence-electron chi connectivity index (χ2n) is 16.6. The van der Waals surface area contributed by atoms with Crippen molar-refractivity contribution in [3.05, 3.63) is 181 Å². The molecule has 2 aliphatic carbocycles. The van der Waals surface area contributed by atoms with Crippen LogP contribution in [0.5, 0.6) is 0 Å². The smallest absolute Gasteiger partial charge is 0.159 e. The van der Waals surface area contributed by atoms with Gasteiger partial charge in [-0.3, -0.25) is 0 Å². The van der Waals surface area contributed by atoms with Crippen LogP contribution in [0.3, 0.4) is 0 Å². The molecule has 0 saturated heterocycles. The van der Waals surface area contributed by atoms with E-state index in [2.05, 4.69) is 190 Å². The molecule has 0 radical (unpaired) electrons. The van der Waals surface area contributed by atoms with Crippen molar-refractivity contribution in [2.24, 2.45) is 0 Å². The van der Waals surface area contributed by atoms with Gasteiger partial charge in [-0.05, 0) is 108 Å². The van der Waals surface area contributed by atoms with Crippen LogP contribution in [0.25, 0.3) is 104 Å². The quantitative estimate of drug-likeness (QED) is 0.167. The average molecular weight is 768 g/mol. The summed E-state index contributed by atoms with van der Waals surface area (Å²) in [5, 5.41) is 13.7. The number of rotatable bonds is 4. The summed E-state index contributed by atoms with van der Waals surface area (Å²) in [6, 6.07) is 53.9. The zero-order valence-electron chi connectivity index (χ0n) is 32.8. The third kappa shape index (κ3) is 4.29. The number of benzene rings is 8. The van der Waals surface area contributed by atoms with Gasteiger partial charge in [0.25, 0.3) is 0 Å². The van der Waals surface area contributed by atoms with Gasteiger partial charge in [0.1, 0.15) is 5.58 Å². The molecule has 0 atom stereocenters. The van der Waals surface area contributed by atoms with Crippen molar-refractivity contribution < 1.29 is 4.42 Å². The second kappa shape index (κ2) is 12.0. The van der Waals surface area contributed by atoms with E-state index in [4.69, 9.17) is 4.42 Å². The van der Waals surface area contributed by atoms with Crippen molar-refractivity contribution >= 4 is 121 Å². The lowest BCUT2D eigenvalue weighted by Gasteiger charge is -2.26. The fraction of sp³-hybridized carbons (Fsp3) is 0.0714. The van der Waals surface area contributed by atoms with Gasteiger partial charge in [-0.2, -0.15) is 0 Å². The normalized spacial score (nSPS) is 14.4. The molecule has 282 valence electrons. The minimum atomic E-state index is 0.881. The Balaban J connectivity index is 1.08. The number of anilines is 3. The third-order valence-electron chi connectivity index (χ3n) is 13.5. The largest absolute Gasteiger partial charge is 0.454 e. The van der Waals surface area contributed by atoms with Crippen LogP contribution in [0.4, 0.5) is 17.1 Å². The Hall–Kier alpha value is -7.56. The van der Waals surface area contributed by atoms with Gasteiger partial charge in [-0.15, -0.1) is 0 Å². The molecule has 0 unspecified atom stereocenters. The van der Waals surface area contributed by atoms with Gasteiger partial charge in [0.2, 0.25) is 0 Å². The molecule has 60 heavy (non-hydrogen) atoms. The Labute approximate surface area is 345 Å². The first-order chi connectivity index (χ1) is 29.8. The van der Waals surface area contributed by atoms with Gasteiger partial charge in [0, 0.05) is 66.0 Å². The highest BCUT2D eigenvalue weighted by molar-refractivity contribution is 6.34. The summed E-state index contributed by atoms with van der Waals surface area (Å²) in [5.74, 6) is 0. The molecule has 4 nitrogen and oxygen atoms in total. The number of fused-ring (bicyclic) bond motifs is 16. The van der Waals surface area contributed by atoms with E-state index >= 15 is 0 Å². The topological polar surface area (TPSA) is 25.7 Å². The number of furan rings is 1. The Kier molecular flexibility index (Phi) is 6.48. The van der Waals surface area contributed by atoms with E-state index in [0.717, 1.165) is 64.7 Å². The highest BCUT2D eigenvalue weighted by Crippen LogP contribution is 2.48. The van der Waals surface area contributed by atoms with Crippen LogP contribution in [0.1, 0.15) is 30.5 Å². The van der Waals surface area contributed by atoms with Gasteiger partial charge in [-0.1, -0.05) is 115 Å². The second-order valence-corrected chi connectivity index (χ2v) is 16.6. The number of para-hydroxylation sites is 4. The maximum Gasteiger partial charge on any atom is 0.159 e. The summed E-state index contributed by atoms with van der Waals surface area (Å²) in [6.07, 6.45) is 15.9. The molecule has 0 amide bonds. The molecular formula is C56H37N3O.